The van der Waals surface area contributed by atoms with E-state index in [2.05, 4.69) is 10.6 Å². The zero-order valence-electron chi connectivity index (χ0n) is 19.3. The number of carbonyl (C=O) groups is 3. The van der Waals surface area contributed by atoms with Gasteiger partial charge in [0.1, 0.15) is 23.9 Å². The molecule has 0 aromatic carbocycles. The zero-order chi connectivity index (χ0) is 24.0. The van der Waals surface area contributed by atoms with Crippen molar-refractivity contribution in [1.29, 1.82) is 0 Å². The molecule has 0 radical (unpaired) electrons. The second-order valence-corrected chi connectivity index (χ2v) is 10.8. The minimum Gasteiger partial charge on any atom is -0.347 e. The second-order valence-electron chi connectivity index (χ2n) is 8.43. The Kier molecular flexibility index (Phi) is 9.55. The number of carbonyl (C=O) groups excluding carboxylic acids is 3. The maximum Gasteiger partial charge on any atom is 0.349 e. The third-order valence-corrected chi connectivity index (χ3v) is 7.71. The average molecular weight is 496 g/mol. The highest BCUT2D eigenvalue weighted by atomic mass is 35.5. The van der Waals surface area contributed by atoms with E-state index in [1.807, 2.05) is 0 Å². The Morgan fingerprint density at radius 2 is 1.69 bits per heavy atom. The van der Waals surface area contributed by atoms with Crippen molar-refractivity contribution < 1.29 is 32.7 Å². The van der Waals surface area contributed by atoms with Gasteiger partial charge in [0.05, 0.1) is 25.4 Å². The van der Waals surface area contributed by atoms with E-state index < -0.39 is 42.7 Å². The number of nitrogens with zero attached hydrogens (tertiary/aromatic N) is 1. The topological polar surface area (TPSA) is 123 Å². The largest absolute Gasteiger partial charge is 0.349 e. The number of alkyl halides is 1. The summed E-state index contributed by atoms with van der Waals surface area (Å²) in [6, 6.07) is -0.988. The number of ether oxygens (including phenoxy) is 1. The Bertz CT molecular complexity index is 733. The van der Waals surface area contributed by atoms with Gasteiger partial charge in [0.2, 0.25) is 17.7 Å². The molecule has 1 unspecified atom stereocenters. The summed E-state index contributed by atoms with van der Waals surface area (Å²) >= 11 is 5.52. The van der Waals surface area contributed by atoms with Crippen LogP contribution in [0.4, 0.5) is 0 Å². The van der Waals surface area contributed by atoms with E-state index in [4.69, 9.17) is 25.4 Å². The van der Waals surface area contributed by atoms with Crippen LogP contribution in [-0.2, 0) is 32.7 Å². The summed E-state index contributed by atoms with van der Waals surface area (Å²) in [7, 11) is -3.52. The molecular weight excluding hydrogens is 461 g/mol. The highest BCUT2D eigenvalue weighted by Crippen LogP contribution is 2.49. The van der Waals surface area contributed by atoms with Crippen molar-refractivity contribution in [3.63, 3.8) is 0 Å². The third kappa shape index (κ3) is 6.23. The molecule has 3 amide bonds. The summed E-state index contributed by atoms with van der Waals surface area (Å²) in [5.74, 6) is -1.70. The SMILES string of the molecule is CCOP(=O)(CNC(=O)C1N(C(=O)CNC(=O)CCl)C2(CCCCC2)OC1(C)C)OCC. The molecule has 184 valence electrons. The molecule has 0 aromatic heterocycles. The standard InChI is InChI=1S/C20H35ClN3O7P/c1-5-29-32(28,30-6-2)14-23-18(27)17-19(3,4)31-20(10-8-7-9-11-20)24(17)16(26)13-22-15(25)12-21/h17H,5-14H2,1-4H3,(H,22,25)(H,23,27). The lowest BCUT2D eigenvalue weighted by molar-refractivity contribution is -0.168. The highest BCUT2D eigenvalue weighted by molar-refractivity contribution is 7.53. The first kappa shape index (κ1) is 27.1. The van der Waals surface area contributed by atoms with Crippen LogP contribution in [0, 0.1) is 0 Å². The minimum absolute atomic E-state index is 0.166. The van der Waals surface area contributed by atoms with Gasteiger partial charge < -0.3 is 24.4 Å². The Balaban J connectivity index is 2.29. The van der Waals surface area contributed by atoms with E-state index in [9.17, 15) is 18.9 Å². The molecule has 1 aliphatic heterocycles. The Morgan fingerprint density at radius 3 is 2.22 bits per heavy atom. The van der Waals surface area contributed by atoms with Crippen molar-refractivity contribution in [2.24, 2.45) is 0 Å². The molecule has 0 aromatic rings. The number of hydrogen-bond acceptors (Lipinski definition) is 7. The van der Waals surface area contributed by atoms with Gasteiger partial charge in [-0.2, -0.15) is 0 Å². The van der Waals surface area contributed by atoms with Crippen molar-refractivity contribution in [3.05, 3.63) is 0 Å². The van der Waals surface area contributed by atoms with E-state index in [1.165, 1.54) is 4.90 Å². The number of halogens is 1. The van der Waals surface area contributed by atoms with Crippen molar-refractivity contribution in [1.82, 2.24) is 15.5 Å². The van der Waals surface area contributed by atoms with E-state index in [0.717, 1.165) is 19.3 Å². The van der Waals surface area contributed by atoms with Crippen LogP contribution in [0.2, 0.25) is 0 Å². The van der Waals surface area contributed by atoms with Gasteiger partial charge in [0.15, 0.2) is 0 Å². The molecule has 2 fully saturated rings. The van der Waals surface area contributed by atoms with Crippen molar-refractivity contribution in [2.45, 2.75) is 77.2 Å². The van der Waals surface area contributed by atoms with E-state index in [1.54, 1.807) is 27.7 Å². The first-order valence-electron chi connectivity index (χ1n) is 11.0. The first-order chi connectivity index (χ1) is 15.0. The maximum absolute atomic E-state index is 13.3. The van der Waals surface area contributed by atoms with Crippen molar-refractivity contribution in [3.8, 4) is 0 Å². The average Bonchev–Trinajstić information content (AvgIpc) is 2.96. The predicted molar refractivity (Wildman–Crippen MR) is 119 cm³/mol. The fourth-order valence-electron chi connectivity index (χ4n) is 4.49. The number of amides is 3. The summed E-state index contributed by atoms with van der Waals surface area (Å²) in [6.07, 6.45) is 3.58. The fourth-order valence-corrected chi connectivity index (χ4v) is 5.98. The van der Waals surface area contributed by atoms with Crippen LogP contribution in [0.3, 0.4) is 0 Å². The molecule has 1 heterocycles. The molecule has 1 aliphatic carbocycles. The van der Waals surface area contributed by atoms with Gasteiger partial charge in [-0.05, 0) is 53.4 Å². The van der Waals surface area contributed by atoms with Gasteiger partial charge in [-0.1, -0.05) is 6.42 Å². The summed E-state index contributed by atoms with van der Waals surface area (Å²) in [4.78, 5) is 39.6. The van der Waals surface area contributed by atoms with E-state index >= 15 is 0 Å². The van der Waals surface area contributed by atoms with Crippen LogP contribution >= 0.6 is 19.2 Å². The summed E-state index contributed by atoms with van der Waals surface area (Å²) in [5, 5.41) is 5.11. The van der Waals surface area contributed by atoms with Crippen molar-refractivity contribution >= 4 is 36.9 Å². The van der Waals surface area contributed by atoms with Crippen LogP contribution in [0.25, 0.3) is 0 Å². The highest BCUT2D eigenvalue weighted by Gasteiger charge is 2.61. The van der Waals surface area contributed by atoms with Gasteiger partial charge in [0, 0.05) is 0 Å². The lowest BCUT2D eigenvalue weighted by atomic mass is 9.89. The molecule has 0 bridgehead atoms. The molecule has 1 saturated carbocycles. The molecule has 12 heteroatoms. The van der Waals surface area contributed by atoms with Crippen LogP contribution in [0.5, 0.6) is 0 Å². The van der Waals surface area contributed by atoms with Gasteiger partial charge in [0.25, 0.3) is 0 Å². The summed E-state index contributed by atoms with van der Waals surface area (Å²) in [6.45, 7) is 6.91. The van der Waals surface area contributed by atoms with Gasteiger partial charge >= 0.3 is 7.60 Å². The lowest BCUT2D eigenvalue weighted by Gasteiger charge is -2.41. The van der Waals surface area contributed by atoms with Crippen LogP contribution in [0.15, 0.2) is 0 Å². The number of rotatable bonds is 10. The molecule has 2 N–H and O–H groups in total. The quantitative estimate of drug-likeness (QED) is 0.352. The maximum atomic E-state index is 13.3. The Morgan fingerprint density at radius 1 is 1.09 bits per heavy atom. The van der Waals surface area contributed by atoms with E-state index in [-0.39, 0.29) is 31.9 Å². The summed E-state index contributed by atoms with van der Waals surface area (Å²) in [5.41, 5.74) is -1.94. The van der Waals surface area contributed by atoms with Crippen LogP contribution in [-0.4, -0.2) is 71.9 Å². The van der Waals surface area contributed by atoms with Crippen molar-refractivity contribution in [2.75, 3.05) is 31.9 Å². The number of hydrogen-bond donors (Lipinski definition) is 2. The first-order valence-corrected chi connectivity index (χ1v) is 13.3. The number of nitrogens with one attached hydrogen (secondary N) is 2. The van der Waals surface area contributed by atoms with Gasteiger partial charge in [-0.15, -0.1) is 11.6 Å². The van der Waals surface area contributed by atoms with Gasteiger partial charge in [-0.3, -0.25) is 23.8 Å². The smallest absolute Gasteiger partial charge is 0.347 e. The van der Waals surface area contributed by atoms with Crippen LogP contribution in [0.1, 0.15) is 59.8 Å². The fraction of sp³-hybridized carbons (Fsp3) is 0.850. The predicted octanol–water partition coefficient (Wildman–Crippen LogP) is 2.35. The van der Waals surface area contributed by atoms with Gasteiger partial charge in [-0.25, -0.2) is 0 Å². The molecule has 1 atom stereocenters. The third-order valence-electron chi connectivity index (χ3n) is 5.62. The normalized spacial score (nSPS) is 22.0. The zero-order valence-corrected chi connectivity index (χ0v) is 20.9. The monoisotopic (exact) mass is 495 g/mol. The lowest BCUT2D eigenvalue weighted by Crippen LogP contribution is -2.60. The second kappa shape index (κ2) is 11.3. The molecule has 2 rings (SSSR count). The molecular formula is C20H35ClN3O7P. The molecule has 1 saturated heterocycles. The Hall–Kier alpha value is -1.19. The molecule has 2 aliphatic rings. The Labute approximate surface area is 194 Å². The summed E-state index contributed by atoms with van der Waals surface area (Å²) < 4.78 is 29.6. The molecule has 1 spiro atoms. The minimum atomic E-state index is -3.52. The molecule has 10 nitrogen and oxygen atoms in total. The van der Waals surface area contributed by atoms with Crippen LogP contribution < -0.4 is 10.6 Å². The van der Waals surface area contributed by atoms with E-state index in [0.29, 0.717) is 12.8 Å². The molecule has 32 heavy (non-hydrogen) atoms.